The molecule has 1 aromatic carbocycles. The minimum absolute atomic E-state index is 1.13. The molecule has 0 bridgehead atoms. The van der Waals surface area contributed by atoms with Crippen molar-refractivity contribution < 1.29 is 0 Å². The molecule has 0 aliphatic rings. The normalized spacial score (nSPS) is 9.25. The van der Waals surface area contributed by atoms with E-state index in [1.54, 1.807) is 0 Å². The van der Waals surface area contributed by atoms with Crippen LogP contribution in [0.2, 0.25) is 0 Å². The Hall–Kier alpha value is 0.258. The molecule has 1 rings (SSSR count). The molecule has 0 unspecified atom stereocenters. The van der Waals surface area contributed by atoms with Crippen LogP contribution < -0.4 is 4.35 Å². The first-order valence-electron chi connectivity index (χ1n) is 2.23. The molecular weight excluding hydrogens is 227 g/mol. The van der Waals surface area contributed by atoms with Gasteiger partial charge in [-0.2, -0.15) is 0 Å². The Bertz CT molecular complexity index is 168. The van der Waals surface area contributed by atoms with Crippen LogP contribution in [0.3, 0.4) is 0 Å². The van der Waals surface area contributed by atoms with Crippen LogP contribution in [-0.4, -0.2) is 16.9 Å². The van der Waals surface area contributed by atoms with Crippen LogP contribution in [0.25, 0.3) is 0 Å². The number of halogens is 1. The van der Waals surface area contributed by atoms with E-state index in [-0.39, 0.29) is 0 Å². The Kier molecular flexibility index (Phi) is 2.15. The zero-order valence-electron chi connectivity index (χ0n) is 4.13. The summed E-state index contributed by atoms with van der Waals surface area (Å²) in [5.41, 5.74) is 0. The predicted molar refractivity (Wildman–Crippen MR) is 39.5 cm³/mol. The van der Waals surface area contributed by atoms with Gasteiger partial charge >= 0.3 is 65.9 Å². The summed E-state index contributed by atoms with van der Waals surface area (Å²) in [5, 5.41) is 0. The Morgan fingerprint density at radius 2 is 2.12 bits per heavy atom. The molecule has 0 nitrogen and oxygen atoms in total. The molecule has 0 aliphatic heterocycles. The van der Waals surface area contributed by atoms with Crippen molar-refractivity contribution in [3.05, 3.63) is 28.7 Å². The van der Waals surface area contributed by atoms with Gasteiger partial charge in [0.2, 0.25) is 0 Å². The Balaban J connectivity index is 3.08. The summed E-state index contributed by atoms with van der Waals surface area (Å²) in [4.78, 5) is 0. The van der Waals surface area contributed by atoms with Crippen molar-refractivity contribution in [2.75, 3.05) is 0 Å². The molecule has 0 saturated carbocycles. The summed E-state index contributed by atoms with van der Waals surface area (Å²) in [6.07, 6.45) is 0. The quantitative estimate of drug-likeness (QED) is 0.589. The number of benzene rings is 1. The fourth-order valence-electron chi connectivity index (χ4n) is 0.476. The first-order chi connectivity index (χ1) is 3.79. The van der Waals surface area contributed by atoms with Gasteiger partial charge in [0.15, 0.2) is 0 Å². The van der Waals surface area contributed by atoms with Gasteiger partial charge in [-0.05, 0) is 0 Å². The summed E-state index contributed by atoms with van der Waals surface area (Å²) in [6.45, 7) is 0. The maximum atomic E-state index is 3.35. The van der Waals surface area contributed by atoms with Crippen LogP contribution in [-0.2, 0) is 0 Å². The van der Waals surface area contributed by atoms with Gasteiger partial charge in [0.25, 0.3) is 0 Å². The van der Waals surface area contributed by atoms with Gasteiger partial charge in [-0.1, -0.05) is 0 Å². The summed E-state index contributed by atoms with van der Waals surface area (Å²) < 4.78 is 2.36. The first-order valence-corrected chi connectivity index (χ1v) is 3.97. The van der Waals surface area contributed by atoms with Crippen molar-refractivity contribution in [1.82, 2.24) is 0 Å². The molecule has 2 heteroatoms. The van der Waals surface area contributed by atoms with Crippen LogP contribution in [0.4, 0.5) is 0 Å². The second-order valence-electron chi connectivity index (χ2n) is 1.48. The second kappa shape index (κ2) is 2.70. The van der Waals surface area contributed by atoms with E-state index < -0.39 is 0 Å². The molecule has 2 radical (unpaired) electrons. The van der Waals surface area contributed by atoms with Gasteiger partial charge in [0, 0.05) is 0 Å². The average molecular weight is 231 g/mol. The van der Waals surface area contributed by atoms with E-state index in [9.17, 15) is 0 Å². The predicted octanol–water partition coefficient (Wildman–Crippen LogP) is 1.24. The molecule has 40 valence electrons. The van der Waals surface area contributed by atoms with E-state index in [0.29, 0.717) is 0 Å². The molecule has 0 heterocycles. The van der Waals surface area contributed by atoms with Crippen molar-refractivity contribution in [1.29, 1.82) is 0 Å². The van der Waals surface area contributed by atoms with Gasteiger partial charge in [-0.15, -0.1) is 0 Å². The number of hydrogen-bond acceptors (Lipinski definition) is 0. The molecule has 0 aliphatic carbocycles. The van der Waals surface area contributed by atoms with Crippen LogP contribution in [0, 0.1) is 0 Å². The first kappa shape index (κ1) is 6.38. The molecule has 0 N–H and O–H groups in total. The standard InChI is InChI=1S/C6H4AsBr/c7-5-2-1-3-6(8)4-5/h1-4H. The molecule has 0 atom stereocenters. The zero-order chi connectivity index (χ0) is 5.98. The van der Waals surface area contributed by atoms with Gasteiger partial charge in [-0.25, -0.2) is 0 Å². The second-order valence-corrected chi connectivity index (χ2v) is 3.48. The fraction of sp³-hybridized carbons (Fsp3) is 0. The Labute approximate surface area is 65.9 Å². The number of hydrogen-bond donors (Lipinski definition) is 0. The van der Waals surface area contributed by atoms with Gasteiger partial charge in [0.1, 0.15) is 0 Å². The third-order valence-electron chi connectivity index (χ3n) is 0.808. The van der Waals surface area contributed by atoms with Crippen LogP contribution in [0.15, 0.2) is 28.7 Å². The van der Waals surface area contributed by atoms with Crippen molar-refractivity contribution in [2.24, 2.45) is 0 Å². The van der Waals surface area contributed by atoms with Crippen LogP contribution >= 0.6 is 15.9 Å². The minimum atomic E-state index is 1.13. The van der Waals surface area contributed by atoms with Gasteiger partial charge in [-0.3, -0.25) is 0 Å². The van der Waals surface area contributed by atoms with Crippen molar-refractivity contribution in [3.63, 3.8) is 0 Å². The monoisotopic (exact) mass is 230 g/mol. The summed E-state index contributed by atoms with van der Waals surface area (Å²) >= 11 is 5.85. The molecule has 0 aromatic heterocycles. The van der Waals surface area contributed by atoms with E-state index in [1.807, 2.05) is 18.2 Å². The summed E-state index contributed by atoms with van der Waals surface area (Å²) in [6, 6.07) is 8.12. The SMILES string of the molecule is [As]c1cccc(Br)c1. The molecule has 0 amide bonds. The van der Waals surface area contributed by atoms with E-state index in [2.05, 4.69) is 38.8 Å². The van der Waals surface area contributed by atoms with Crippen LogP contribution in [0.5, 0.6) is 0 Å². The topological polar surface area (TPSA) is 0 Å². The third-order valence-corrected chi connectivity index (χ3v) is 1.89. The number of rotatable bonds is 0. The maximum absolute atomic E-state index is 3.35. The van der Waals surface area contributed by atoms with E-state index >= 15 is 0 Å². The van der Waals surface area contributed by atoms with E-state index in [0.717, 1.165) is 4.47 Å². The molecule has 0 fully saturated rings. The third kappa shape index (κ3) is 1.64. The van der Waals surface area contributed by atoms with Crippen molar-refractivity contribution in [3.8, 4) is 0 Å². The van der Waals surface area contributed by atoms with Crippen molar-refractivity contribution in [2.45, 2.75) is 0 Å². The van der Waals surface area contributed by atoms with Crippen molar-refractivity contribution >= 4 is 37.1 Å². The van der Waals surface area contributed by atoms with Gasteiger partial charge in [0.05, 0.1) is 0 Å². The molecule has 0 saturated heterocycles. The van der Waals surface area contributed by atoms with E-state index in [4.69, 9.17) is 0 Å². The fourth-order valence-corrected chi connectivity index (χ4v) is 1.73. The van der Waals surface area contributed by atoms with Crippen LogP contribution in [0.1, 0.15) is 0 Å². The molecular formula is C6H4AsBr. The summed E-state index contributed by atoms with van der Waals surface area (Å²) in [5.74, 6) is 0. The Morgan fingerprint density at radius 3 is 2.50 bits per heavy atom. The molecule has 8 heavy (non-hydrogen) atoms. The zero-order valence-corrected chi connectivity index (χ0v) is 7.60. The van der Waals surface area contributed by atoms with E-state index in [1.165, 1.54) is 4.35 Å². The summed E-state index contributed by atoms with van der Waals surface area (Å²) in [7, 11) is 0. The Morgan fingerprint density at radius 1 is 1.38 bits per heavy atom. The molecule has 1 aromatic rings. The average Bonchev–Trinajstić information content (AvgIpc) is 1.64. The van der Waals surface area contributed by atoms with Gasteiger partial charge < -0.3 is 0 Å². The molecule has 0 spiro atoms.